The number of carboxylic acid groups (broad SMARTS) is 1. The van der Waals surface area contributed by atoms with Crippen LogP contribution in [0.4, 0.5) is 4.39 Å². The lowest BCUT2D eigenvalue weighted by atomic mass is 10.0. The van der Waals surface area contributed by atoms with Crippen molar-refractivity contribution >= 4 is 37.6 Å². The Labute approximate surface area is 213 Å². The molecule has 0 unspecified atom stereocenters. The fraction of sp³-hybridized carbons (Fsp3) is 0.174. The van der Waals surface area contributed by atoms with E-state index >= 15 is 0 Å². The smallest absolute Gasteiger partial charge is 0.341 e. The van der Waals surface area contributed by atoms with Crippen LogP contribution < -0.4 is 9.46 Å². The Bertz CT molecular complexity index is 1510. The Morgan fingerprint density at radius 3 is 2.42 bits per heavy atom. The molecule has 0 radical (unpaired) electrons. The van der Waals surface area contributed by atoms with E-state index in [1.165, 1.54) is 38.4 Å². The topological polar surface area (TPSA) is 130 Å². The number of nitrogens with zero attached hydrogens (tertiary/aromatic N) is 1. The van der Waals surface area contributed by atoms with Crippen LogP contribution in [-0.4, -0.2) is 52.9 Å². The highest BCUT2D eigenvalue weighted by atomic mass is 35.5. The van der Waals surface area contributed by atoms with Crippen LogP contribution in [0.2, 0.25) is 5.02 Å². The number of sulfonamides is 2. The van der Waals surface area contributed by atoms with Gasteiger partial charge in [0.1, 0.15) is 11.6 Å². The van der Waals surface area contributed by atoms with Crippen LogP contribution in [0.15, 0.2) is 70.5 Å². The third kappa shape index (κ3) is 6.20. The van der Waals surface area contributed by atoms with Crippen LogP contribution in [0.1, 0.15) is 5.56 Å². The minimum atomic E-state index is -4.03. The molecule has 0 bridgehead atoms. The van der Waals surface area contributed by atoms with E-state index in [4.69, 9.17) is 21.4 Å². The normalized spacial score (nSPS) is 12.0. The van der Waals surface area contributed by atoms with E-state index in [0.29, 0.717) is 16.7 Å². The van der Waals surface area contributed by atoms with Gasteiger partial charge in [-0.25, -0.2) is 30.7 Å². The zero-order chi connectivity index (χ0) is 26.7. The molecule has 0 aliphatic carbocycles. The quantitative estimate of drug-likeness (QED) is 0.391. The summed E-state index contributed by atoms with van der Waals surface area (Å²) in [4.78, 5) is 10.8. The number of rotatable bonds is 10. The second kappa shape index (κ2) is 10.9. The van der Waals surface area contributed by atoms with Gasteiger partial charge < -0.3 is 9.84 Å². The first-order chi connectivity index (χ1) is 16.8. The van der Waals surface area contributed by atoms with Crippen molar-refractivity contribution in [2.75, 3.05) is 20.7 Å². The summed E-state index contributed by atoms with van der Waals surface area (Å²) in [6.07, 6.45) is 0. The molecule has 3 aromatic carbocycles. The molecule has 0 spiro atoms. The average molecular weight is 557 g/mol. The van der Waals surface area contributed by atoms with Crippen molar-refractivity contribution in [3.63, 3.8) is 0 Å². The van der Waals surface area contributed by atoms with Gasteiger partial charge in [-0.2, -0.15) is 4.31 Å². The first-order valence-corrected chi connectivity index (χ1v) is 13.6. The van der Waals surface area contributed by atoms with Crippen molar-refractivity contribution < 1.29 is 35.9 Å². The van der Waals surface area contributed by atoms with Gasteiger partial charge >= 0.3 is 5.97 Å². The van der Waals surface area contributed by atoms with E-state index in [2.05, 4.69) is 4.72 Å². The average Bonchev–Trinajstić information content (AvgIpc) is 2.84. The van der Waals surface area contributed by atoms with Gasteiger partial charge in [-0.15, -0.1) is 0 Å². The summed E-state index contributed by atoms with van der Waals surface area (Å²) in [6, 6.07) is 13.6. The van der Waals surface area contributed by atoms with Crippen LogP contribution in [0.5, 0.6) is 5.75 Å². The van der Waals surface area contributed by atoms with Gasteiger partial charge in [-0.3, -0.25) is 0 Å². The van der Waals surface area contributed by atoms with Crippen LogP contribution in [-0.2, 0) is 31.4 Å². The Morgan fingerprint density at radius 1 is 1.06 bits per heavy atom. The lowest BCUT2D eigenvalue weighted by Gasteiger charge is -2.19. The maximum Gasteiger partial charge on any atom is 0.341 e. The number of ether oxygens (including phenoxy) is 1. The summed E-state index contributed by atoms with van der Waals surface area (Å²) in [5.74, 6) is -1.79. The van der Waals surface area contributed by atoms with Gasteiger partial charge in [-0.1, -0.05) is 29.8 Å². The Morgan fingerprint density at radius 2 is 1.78 bits per heavy atom. The molecule has 192 valence electrons. The van der Waals surface area contributed by atoms with Gasteiger partial charge in [0.05, 0.1) is 14.8 Å². The number of carboxylic acids is 1. The maximum absolute atomic E-state index is 13.5. The first kappa shape index (κ1) is 27.6. The number of hydrogen-bond acceptors (Lipinski definition) is 6. The van der Waals surface area contributed by atoms with Crippen molar-refractivity contribution in [1.82, 2.24) is 9.03 Å². The predicted octanol–water partition coefficient (Wildman–Crippen LogP) is 3.34. The standard InChI is InChI=1S/C23H22ClFN2O7S2/c1-26-35(30,31)17-5-3-4-16(11-17)19-10-15(6-9-22(19)34-14-23(28)29)13-27(2)36(32,33)18-7-8-21(25)20(24)12-18/h3-12,26H,13-14H2,1-2H3,(H,28,29). The molecule has 0 aliphatic rings. The zero-order valence-electron chi connectivity index (χ0n) is 19.1. The second-order valence-corrected chi connectivity index (χ2v) is 11.9. The van der Waals surface area contributed by atoms with E-state index in [0.717, 1.165) is 22.5 Å². The van der Waals surface area contributed by atoms with Crippen molar-refractivity contribution in [2.45, 2.75) is 16.3 Å². The van der Waals surface area contributed by atoms with Crippen molar-refractivity contribution in [1.29, 1.82) is 0 Å². The predicted molar refractivity (Wildman–Crippen MR) is 131 cm³/mol. The molecule has 3 rings (SSSR count). The van der Waals surface area contributed by atoms with Gasteiger partial charge in [-0.05, 0) is 60.6 Å². The van der Waals surface area contributed by atoms with Gasteiger partial charge in [0.15, 0.2) is 6.61 Å². The Balaban J connectivity index is 2.01. The minimum absolute atomic E-state index is 0.0232. The first-order valence-electron chi connectivity index (χ1n) is 10.3. The summed E-state index contributed by atoms with van der Waals surface area (Å²) in [7, 11) is -5.19. The van der Waals surface area contributed by atoms with Crippen LogP contribution in [0.25, 0.3) is 11.1 Å². The van der Waals surface area contributed by atoms with Crippen LogP contribution in [0, 0.1) is 5.82 Å². The van der Waals surface area contributed by atoms with Gasteiger partial charge in [0, 0.05) is 19.2 Å². The summed E-state index contributed by atoms with van der Waals surface area (Å²) in [5.41, 5.74) is 1.26. The van der Waals surface area contributed by atoms with E-state index in [1.54, 1.807) is 18.2 Å². The Hall–Kier alpha value is -3.03. The SMILES string of the molecule is CNS(=O)(=O)c1cccc(-c2cc(CN(C)S(=O)(=O)c3ccc(F)c(Cl)c3)ccc2OCC(=O)O)c1. The molecule has 0 aromatic heterocycles. The highest BCUT2D eigenvalue weighted by molar-refractivity contribution is 7.89. The van der Waals surface area contributed by atoms with Crippen LogP contribution >= 0.6 is 11.6 Å². The molecule has 0 saturated heterocycles. The number of carbonyl (C=O) groups is 1. The highest BCUT2D eigenvalue weighted by Gasteiger charge is 2.23. The molecule has 0 atom stereocenters. The number of aliphatic carboxylic acids is 1. The maximum atomic E-state index is 13.5. The Kier molecular flexibility index (Phi) is 8.37. The number of halogens is 2. The fourth-order valence-electron chi connectivity index (χ4n) is 3.27. The second-order valence-electron chi connectivity index (χ2n) is 7.59. The molecule has 3 aromatic rings. The van der Waals surface area contributed by atoms with Crippen molar-refractivity contribution in [3.05, 3.63) is 77.1 Å². The molecule has 0 fully saturated rings. The van der Waals surface area contributed by atoms with E-state index in [-0.39, 0.29) is 27.1 Å². The molecule has 9 nitrogen and oxygen atoms in total. The zero-order valence-corrected chi connectivity index (χ0v) is 21.5. The molecule has 2 N–H and O–H groups in total. The third-order valence-corrected chi connectivity index (χ3v) is 8.62. The summed E-state index contributed by atoms with van der Waals surface area (Å²) in [5, 5.41) is 8.68. The largest absolute Gasteiger partial charge is 0.481 e. The lowest BCUT2D eigenvalue weighted by molar-refractivity contribution is -0.139. The van der Waals surface area contributed by atoms with Gasteiger partial charge in [0.2, 0.25) is 20.0 Å². The van der Waals surface area contributed by atoms with Crippen molar-refractivity contribution in [2.24, 2.45) is 0 Å². The summed E-state index contributed by atoms with van der Waals surface area (Å²) >= 11 is 5.74. The summed E-state index contributed by atoms with van der Waals surface area (Å²) < 4.78 is 72.6. The van der Waals surface area contributed by atoms with E-state index < -0.39 is 38.4 Å². The van der Waals surface area contributed by atoms with Gasteiger partial charge in [0.25, 0.3) is 0 Å². The number of nitrogens with one attached hydrogen (secondary N) is 1. The number of benzene rings is 3. The third-order valence-electron chi connectivity index (χ3n) is 5.12. The van der Waals surface area contributed by atoms with Crippen molar-refractivity contribution in [3.8, 4) is 16.9 Å². The molecule has 0 heterocycles. The minimum Gasteiger partial charge on any atom is -0.481 e. The molecular weight excluding hydrogens is 535 g/mol. The number of hydrogen-bond donors (Lipinski definition) is 2. The van der Waals surface area contributed by atoms with E-state index in [9.17, 15) is 26.0 Å². The fourth-order valence-corrected chi connectivity index (χ4v) is 5.48. The highest BCUT2D eigenvalue weighted by Crippen LogP contribution is 2.33. The monoisotopic (exact) mass is 556 g/mol. The molecule has 13 heteroatoms. The lowest BCUT2D eigenvalue weighted by Crippen LogP contribution is -2.26. The van der Waals surface area contributed by atoms with E-state index in [1.807, 2.05) is 0 Å². The molecule has 36 heavy (non-hydrogen) atoms. The molecular formula is C23H22ClFN2O7S2. The summed E-state index contributed by atoms with van der Waals surface area (Å²) in [6.45, 7) is -0.751. The molecule has 0 aliphatic heterocycles. The molecule has 0 saturated carbocycles. The van der Waals surface area contributed by atoms with Crippen LogP contribution in [0.3, 0.4) is 0 Å². The molecule has 0 amide bonds.